The van der Waals surface area contributed by atoms with Crippen LogP contribution in [0.15, 0.2) is 60.8 Å². The largest absolute Gasteiger partial charge is 0.347 e. The lowest BCUT2D eigenvalue weighted by Gasteiger charge is -2.33. The second kappa shape index (κ2) is 9.01. The van der Waals surface area contributed by atoms with Crippen LogP contribution in [0.4, 0.5) is 0 Å². The number of nitrogens with zero attached hydrogens (tertiary/aromatic N) is 4. The number of likely N-dealkylation sites (tertiary alicyclic amines) is 1. The zero-order valence-corrected chi connectivity index (χ0v) is 16.8. The van der Waals surface area contributed by atoms with Crippen LogP contribution in [0.2, 0.25) is 0 Å². The summed E-state index contributed by atoms with van der Waals surface area (Å²) >= 11 is 0. The van der Waals surface area contributed by atoms with E-state index in [0.717, 1.165) is 24.3 Å². The van der Waals surface area contributed by atoms with Crippen LogP contribution in [-0.4, -0.2) is 38.4 Å². The summed E-state index contributed by atoms with van der Waals surface area (Å²) in [6.07, 6.45) is 5.35. The second-order valence-electron chi connectivity index (χ2n) is 7.62. The van der Waals surface area contributed by atoms with Crippen molar-refractivity contribution in [2.75, 3.05) is 6.54 Å². The fourth-order valence-corrected chi connectivity index (χ4v) is 3.81. The lowest BCUT2D eigenvalue weighted by molar-refractivity contribution is 0.0945. The minimum Gasteiger partial charge on any atom is -0.347 e. The number of benzene rings is 2. The Morgan fingerprint density at radius 1 is 1.07 bits per heavy atom. The van der Waals surface area contributed by atoms with Gasteiger partial charge in [-0.15, -0.1) is 5.10 Å². The number of piperidine rings is 1. The van der Waals surface area contributed by atoms with Gasteiger partial charge in [0.25, 0.3) is 5.91 Å². The number of hydrogen-bond acceptors (Lipinski definition) is 4. The molecule has 1 aromatic heterocycles. The maximum Gasteiger partial charge on any atom is 0.273 e. The summed E-state index contributed by atoms with van der Waals surface area (Å²) in [6.45, 7) is 4.86. The molecule has 29 heavy (non-hydrogen) atoms. The van der Waals surface area contributed by atoms with E-state index in [1.165, 1.54) is 35.8 Å². The smallest absolute Gasteiger partial charge is 0.273 e. The fourth-order valence-electron chi connectivity index (χ4n) is 3.81. The third-order valence-electron chi connectivity index (χ3n) is 5.58. The van der Waals surface area contributed by atoms with Crippen molar-refractivity contribution in [2.24, 2.45) is 0 Å². The zero-order valence-electron chi connectivity index (χ0n) is 16.8. The van der Waals surface area contributed by atoms with Gasteiger partial charge in [-0.05, 0) is 49.6 Å². The Morgan fingerprint density at radius 3 is 2.62 bits per heavy atom. The molecule has 0 saturated carbocycles. The Kier molecular flexibility index (Phi) is 6.00. The Labute approximate surface area is 171 Å². The quantitative estimate of drug-likeness (QED) is 0.700. The number of carbonyl (C=O) groups is 1. The van der Waals surface area contributed by atoms with Crippen molar-refractivity contribution in [1.82, 2.24) is 25.2 Å². The molecule has 1 aliphatic heterocycles. The molecule has 1 saturated heterocycles. The number of rotatable bonds is 6. The molecule has 1 amide bonds. The highest BCUT2D eigenvalue weighted by Gasteiger charge is 2.19. The van der Waals surface area contributed by atoms with Gasteiger partial charge in [0, 0.05) is 19.1 Å². The lowest BCUT2D eigenvalue weighted by atomic mass is 10.0. The molecular weight excluding hydrogens is 362 g/mol. The molecule has 2 aromatic carbocycles. The van der Waals surface area contributed by atoms with Crippen LogP contribution in [0.1, 0.15) is 47.8 Å². The molecule has 150 valence electrons. The molecular formula is C23H27N5O. The number of carbonyl (C=O) groups excluding carboxylic acids is 1. The molecule has 0 bridgehead atoms. The predicted molar refractivity (Wildman–Crippen MR) is 113 cm³/mol. The highest BCUT2D eigenvalue weighted by Crippen LogP contribution is 2.20. The van der Waals surface area contributed by atoms with Gasteiger partial charge in [-0.3, -0.25) is 9.69 Å². The van der Waals surface area contributed by atoms with Crippen LogP contribution in [0, 0.1) is 0 Å². The normalized spacial score (nSPS) is 17.2. The van der Waals surface area contributed by atoms with Crippen molar-refractivity contribution in [1.29, 1.82) is 0 Å². The highest BCUT2D eigenvalue weighted by molar-refractivity contribution is 5.91. The fraction of sp³-hybridized carbons (Fsp3) is 0.348. The van der Waals surface area contributed by atoms with E-state index in [-0.39, 0.29) is 5.91 Å². The maximum absolute atomic E-state index is 12.6. The summed E-state index contributed by atoms with van der Waals surface area (Å²) in [6, 6.07) is 18.5. The van der Waals surface area contributed by atoms with Gasteiger partial charge in [-0.25, -0.2) is 0 Å². The van der Waals surface area contributed by atoms with Crippen molar-refractivity contribution in [2.45, 2.75) is 45.3 Å². The second-order valence-corrected chi connectivity index (χ2v) is 7.62. The van der Waals surface area contributed by atoms with E-state index in [1.54, 1.807) is 0 Å². The molecule has 0 spiro atoms. The van der Waals surface area contributed by atoms with Crippen molar-refractivity contribution in [3.63, 3.8) is 0 Å². The van der Waals surface area contributed by atoms with E-state index in [0.29, 0.717) is 18.3 Å². The summed E-state index contributed by atoms with van der Waals surface area (Å²) in [5.41, 5.74) is 3.56. The summed E-state index contributed by atoms with van der Waals surface area (Å²) in [5, 5.41) is 11.5. The minimum absolute atomic E-state index is 0.215. The van der Waals surface area contributed by atoms with Crippen LogP contribution < -0.4 is 5.32 Å². The summed E-state index contributed by atoms with van der Waals surface area (Å²) in [4.78, 5) is 16.6. The van der Waals surface area contributed by atoms with Gasteiger partial charge in [0.05, 0.1) is 11.9 Å². The topological polar surface area (TPSA) is 63.1 Å². The molecule has 1 unspecified atom stereocenters. The monoisotopic (exact) mass is 389 g/mol. The molecule has 1 atom stereocenters. The van der Waals surface area contributed by atoms with Crippen molar-refractivity contribution >= 4 is 5.91 Å². The van der Waals surface area contributed by atoms with Crippen LogP contribution >= 0.6 is 0 Å². The molecule has 1 N–H and O–H groups in total. The third kappa shape index (κ3) is 4.71. The molecule has 4 rings (SSSR count). The van der Waals surface area contributed by atoms with Gasteiger partial charge >= 0.3 is 0 Å². The Morgan fingerprint density at radius 2 is 1.83 bits per heavy atom. The van der Waals surface area contributed by atoms with Gasteiger partial charge in [0.1, 0.15) is 0 Å². The summed E-state index contributed by atoms with van der Waals surface area (Å²) in [7, 11) is 0. The zero-order chi connectivity index (χ0) is 20.1. The van der Waals surface area contributed by atoms with E-state index in [9.17, 15) is 4.79 Å². The number of amides is 1. The lowest BCUT2D eigenvalue weighted by Crippen LogP contribution is -2.37. The van der Waals surface area contributed by atoms with Crippen molar-refractivity contribution in [3.8, 4) is 5.69 Å². The molecule has 1 fully saturated rings. The van der Waals surface area contributed by atoms with Gasteiger partial charge in [0.15, 0.2) is 5.69 Å². The van der Waals surface area contributed by atoms with Gasteiger partial charge < -0.3 is 5.32 Å². The van der Waals surface area contributed by atoms with Gasteiger partial charge in [-0.1, -0.05) is 48.9 Å². The van der Waals surface area contributed by atoms with Crippen LogP contribution in [0.5, 0.6) is 0 Å². The average molecular weight is 390 g/mol. The Hall–Kier alpha value is -2.99. The van der Waals surface area contributed by atoms with Gasteiger partial charge in [0.2, 0.25) is 0 Å². The maximum atomic E-state index is 12.6. The molecule has 0 radical (unpaired) electrons. The number of aromatic nitrogens is 3. The molecule has 3 aromatic rings. The van der Waals surface area contributed by atoms with E-state index in [2.05, 4.69) is 45.5 Å². The number of hydrogen-bond donors (Lipinski definition) is 1. The molecule has 0 aliphatic carbocycles. The standard InChI is InChI=1S/C23H27N5O/c1-18-9-7-8-14-27(18)17-20-11-6-5-10-19(20)15-24-23(29)22-16-25-28(26-22)21-12-3-2-4-13-21/h2-6,10-13,16,18H,7-9,14-15,17H2,1H3,(H,24,29). The van der Waals surface area contributed by atoms with Crippen LogP contribution in [0.25, 0.3) is 5.69 Å². The van der Waals surface area contributed by atoms with E-state index >= 15 is 0 Å². The Bertz CT molecular complexity index is 953. The summed E-state index contributed by atoms with van der Waals surface area (Å²) < 4.78 is 0. The molecule has 2 heterocycles. The first-order valence-corrected chi connectivity index (χ1v) is 10.3. The Balaban J connectivity index is 1.40. The van der Waals surface area contributed by atoms with Crippen LogP contribution in [0.3, 0.4) is 0 Å². The molecule has 6 heteroatoms. The van der Waals surface area contributed by atoms with E-state index in [1.807, 2.05) is 36.4 Å². The first kappa shape index (κ1) is 19.3. The number of para-hydroxylation sites is 1. The van der Waals surface area contributed by atoms with E-state index < -0.39 is 0 Å². The van der Waals surface area contributed by atoms with Gasteiger partial charge in [-0.2, -0.15) is 9.90 Å². The first-order chi connectivity index (χ1) is 14.2. The molecule has 6 nitrogen and oxygen atoms in total. The predicted octanol–water partition coefficient (Wildman–Crippen LogP) is 3.57. The van der Waals surface area contributed by atoms with Crippen molar-refractivity contribution in [3.05, 3.63) is 77.6 Å². The SMILES string of the molecule is CC1CCCCN1Cc1ccccc1CNC(=O)c1cnn(-c2ccccc2)n1. The van der Waals surface area contributed by atoms with Crippen molar-refractivity contribution < 1.29 is 4.79 Å². The average Bonchev–Trinajstić information content (AvgIpc) is 3.26. The first-order valence-electron chi connectivity index (χ1n) is 10.3. The third-order valence-corrected chi connectivity index (χ3v) is 5.58. The highest BCUT2D eigenvalue weighted by atomic mass is 16.2. The van der Waals surface area contributed by atoms with Crippen LogP contribution in [-0.2, 0) is 13.1 Å². The van der Waals surface area contributed by atoms with E-state index in [4.69, 9.17) is 0 Å². The minimum atomic E-state index is -0.215. The number of nitrogens with one attached hydrogen (secondary N) is 1. The summed E-state index contributed by atoms with van der Waals surface area (Å²) in [5.74, 6) is -0.215. The molecule has 1 aliphatic rings.